The van der Waals surface area contributed by atoms with E-state index in [1.165, 1.54) is 16.4 Å². The SMILES string of the molecule is CNCc1cc(-c2ccc(Cl)c(Cl)c2)ns1. The maximum atomic E-state index is 5.96. The molecule has 0 saturated heterocycles. The number of nitrogens with zero attached hydrogens (tertiary/aromatic N) is 1. The summed E-state index contributed by atoms with van der Waals surface area (Å²) in [5, 5.41) is 4.22. The number of aromatic nitrogens is 1. The van der Waals surface area contributed by atoms with Gasteiger partial charge in [-0.05, 0) is 36.8 Å². The van der Waals surface area contributed by atoms with Crippen molar-refractivity contribution in [2.24, 2.45) is 0 Å². The fourth-order valence-electron chi connectivity index (χ4n) is 1.36. The largest absolute Gasteiger partial charge is 0.315 e. The van der Waals surface area contributed by atoms with Crippen LogP contribution in [0.15, 0.2) is 24.3 Å². The quantitative estimate of drug-likeness (QED) is 0.919. The van der Waals surface area contributed by atoms with Crippen molar-refractivity contribution in [2.45, 2.75) is 6.54 Å². The maximum absolute atomic E-state index is 5.96. The number of halogens is 2. The molecule has 0 bridgehead atoms. The fraction of sp³-hybridized carbons (Fsp3) is 0.182. The monoisotopic (exact) mass is 272 g/mol. The Balaban J connectivity index is 2.31. The van der Waals surface area contributed by atoms with E-state index in [0.717, 1.165) is 17.8 Å². The van der Waals surface area contributed by atoms with Crippen molar-refractivity contribution < 1.29 is 0 Å². The first-order valence-electron chi connectivity index (χ1n) is 4.76. The van der Waals surface area contributed by atoms with Crippen LogP contribution < -0.4 is 5.32 Å². The lowest BCUT2D eigenvalue weighted by atomic mass is 10.1. The third-order valence-electron chi connectivity index (χ3n) is 2.13. The molecule has 0 atom stereocenters. The smallest absolute Gasteiger partial charge is 0.0844 e. The molecule has 0 unspecified atom stereocenters. The van der Waals surface area contributed by atoms with Crippen LogP contribution in [-0.2, 0) is 6.54 Å². The van der Waals surface area contributed by atoms with Gasteiger partial charge >= 0.3 is 0 Å². The molecule has 0 aliphatic carbocycles. The molecule has 2 rings (SSSR count). The predicted octanol–water partition coefficient (Wildman–Crippen LogP) is 3.84. The van der Waals surface area contributed by atoms with Gasteiger partial charge in [0, 0.05) is 17.0 Å². The lowest BCUT2D eigenvalue weighted by Crippen LogP contribution is -2.02. The van der Waals surface area contributed by atoms with E-state index >= 15 is 0 Å². The van der Waals surface area contributed by atoms with Crippen molar-refractivity contribution in [1.29, 1.82) is 0 Å². The van der Waals surface area contributed by atoms with E-state index in [0.29, 0.717) is 10.0 Å². The van der Waals surface area contributed by atoms with Crippen LogP contribution in [0.4, 0.5) is 0 Å². The van der Waals surface area contributed by atoms with Gasteiger partial charge in [-0.1, -0.05) is 29.3 Å². The summed E-state index contributed by atoms with van der Waals surface area (Å²) in [4.78, 5) is 1.20. The van der Waals surface area contributed by atoms with Crippen LogP contribution in [0, 0.1) is 0 Å². The zero-order valence-corrected chi connectivity index (χ0v) is 11.0. The molecule has 2 aromatic rings. The zero-order chi connectivity index (χ0) is 11.5. The molecule has 84 valence electrons. The Morgan fingerprint density at radius 1 is 1.25 bits per heavy atom. The molecule has 0 spiro atoms. The highest BCUT2D eigenvalue weighted by Crippen LogP contribution is 2.29. The van der Waals surface area contributed by atoms with Crippen LogP contribution >= 0.6 is 34.7 Å². The van der Waals surface area contributed by atoms with Gasteiger partial charge in [0.15, 0.2) is 0 Å². The molecule has 0 fully saturated rings. The summed E-state index contributed by atoms with van der Waals surface area (Å²) in [5.41, 5.74) is 1.93. The highest BCUT2D eigenvalue weighted by molar-refractivity contribution is 7.06. The first kappa shape index (κ1) is 11.9. The Morgan fingerprint density at radius 3 is 2.75 bits per heavy atom. The lowest BCUT2D eigenvalue weighted by Gasteiger charge is -1.99. The molecule has 5 heteroatoms. The first-order valence-corrected chi connectivity index (χ1v) is 6.29. The fourth-order valence-corrected chi connectivity index (χ4v) is 2.41. The van der Waals surface area contributed by atoms with Crippen LogP contribution in [0.5, 0.6) is 0 Å². The van der Waals surface area contributed by atoms with Gasteiger partial charge in [0.25, 0.3) is 0 Å². The van der Waals surface area contributed by atoms with E-state index in [-0.39, 0.29) is 0 Å². The number of rotatable bonds is 3. The van der Waals surface area contributed by atoms with E-state index in [1.807, 2.05) is 19.2 Å². The van der Waals surface area contributed by atoms with Gasteiger partial charge in [0.05, 0.1) is 15.7 Å². The van der Waals surface area contributed by atoms with Crippen LogP contribution in [-0.4, -0.2) is 11.4 Å². The van der Waals surface area contributed by atoms with Gasteiger partial charge in [-0.15, -0.1) is 0 Å². The summed E-state index contributed by atoms with van der Waals surface area (Å²) in [6.45, 7) is 0.832. The topological polar surface area (TPSA) is 24.9 Å². The van der Waals surface area contributed by atoms with E-state index < -0.39 is 0 Å². The summed E-state index contributed by atoms with van der Waals surface area (Å²) in [7, 11) is 1.92. The van der Waals surface area contributed by atoms with Crippen molar-refractivity contribution in [1.82, 2.24) is 9.69 Å². The highest BCUT2D eigenvalue weighted by Gasteiger charge is 2.06. The van der Waals surface area contributed by atoms with Crippen LogP contribution in [0.3, 0.4) is 0 Å². The molecule has 16 heavy (non-hydrogen) atoms. The van der Waals surface area contributed by atoms with Crippen molar-refractivity contribution in [2.75, 3.05) is 7.05 Å². The second kappa shape index (κ2) is 5.15. The van der Waals surface area contributed by atoms with Gasteiger partial charge in [-0.2, -0.15) is 4.37 Å². The average Bonchev–Trinajstić information content (AvgIpc) is 2.71. The van der Waals surface area contributed by atoms with E-state index in [4.69, 9.17) is 23.2 Å². The molecular formula is C11H10Cl2N2S. The van der Waals surface area contributed by atoms with Gasteiger partial charge in [-0.3, -0.25) is 0 Å². The minimum absolute atomic E-state index is 0.558. The predicted molar refractivity (Wildman–Crippen MR) is 70.3 cm³/mol. The Bertz CT molecular complexity index is 496. The Kier molecular flexibility index (Phi) is 3.82. The minimum Gasteiger partial charge on any atom is -0.315 e. The van der Waals surface area contributed by atoms with Gasteiger partial charge in [-0.25, -0.2) is 0 Å². The molecule has 1 aromatic heterocycles. The number of hydrogen-bond donors (Lipinski definition) is 1. The molecule has 0 radical (unpaired) electrons. The minimum atomic E-state index is 0.558. The molecule has 1 heterocycles. The molecular weight excluding hydrogens is 263 g/mol. The van der Waals surface area contributed by atoms with Crippen molar-refractivity contribution >= 4 is 34.7 Å². The maximum Gasteiger partial charge on any atom is 0.0844 e. The zero-order valence-electron chi connectivity index (χ0n) is 8.63. The van der Waals surface area contributed by atoms with Gasteiger partial charge < -0.3 is 5.32 Å². The summed E-state index contributed by atoms with van der Waals surface area (Å²) in [5.74, 6) is 0. The average molecular weight is 273 g/mol. The molecule has 0 aliphatic rings. The highest BCUT2D eigenvalue weighted by atomic mass is 35.5. The third kappa shape index (κ3) is 2.55. The molecule has 0 saturated carbocycles. The molecule has 2 nitrogen and oxygen atoms in total. The summed E-state index contributed by atoms with van der Waals surface area (Å²) < 4.78 is 4.38. The second-order valence-electron chi connectivity index (χ2n) is 3.34. The van der Waals surface area contributed by atoms with Crippen molar-refractivity contribution in [3.63, 3.8) is 0 Å². The summed E-state index contributed by atoms with van der Waals surface area (Å²) in [6, 6.07) is 7.60. The van der Waals surface area contributed by atoms with Gasteiger partial charge in [0.2, 0.25) is 0 Å². The van der Waals surface area contributed by atoms with E-state index in [1.54, 1.807) is 6.07 Å². The van der Waals surface area contributed by atoms with Crippen LogP contribution in [0.2, 0.25) is 10.0 Å². The van der Waals surface area contributed by atoms with Crippen LogP contribution in [0.25, 0.3) is 11.3 Å². The summed E-state index contributed by atoms with van der Waals surface area (Å²) >= 11 is 13.3. The normalized spacial score (nSPS) is 10.7. The van der Waals surface area contributed by atoms with Crippen molar-refractivity contribution in [3.05, 3.63) is 39.2 Å². The third-order valence-corrected chi connectivity index (χ3v) is 3.65. The molecule has 0 aliphatic heterocycles. The van der Waals surface area contributed by atoms with E-state index in [2.05, 4.69) is 15.8 Å². The van der Waals surface area contributed by atoms with Crippen molar-refractivity contribution in [3.8, 4) is 11.3 Å². The van der Waals surface area contributed by atoms with Gasteiger partial charge in [0.1, 0.15) is 0 Å². The van der Waals surface area contributed by atoms with E-state index in [9.17, 15) is 0 Å². The Morgan fingerprint density at radius 2 is 2.06 bits per heavy atom. The number of benzene rings is 1. The number of nitrogens with one attached hydrogen (secondary N) is 1. The molecule has 1 N–H and O–H groups in total. The standard InChI is InChI=1S/C11H10Cl2N2S/c1-14-6-8-5-11(15-16-8)7-2-3-9(12)10(13)4-7/h2-5,14H,6H2,1H3. The summed E-state index contributed by atoms with van der Waals surface area (Å²) in [6.07, 6.45) is 0. The number of hydrogen-bond acceptors (Lipinski definition) is 3. The second-order valence-corrected chi connectivity index (χ2v) is 5.04. The first-order chi connectivity index (χ1) is 7.70. The molecule has 1 aromatic carbocycles. The Hall–Kier alpha value is -0.610. The van der Waals surface area contributed by atoms with Crippen LogP contribution in [0.1, 0.15) is 4.88 Å². The Labute approximate surface area is 108 Å². The molecule has 0 amide bonds. The lowest BCUT2D eigenvalue weighted by molar-refractivity contribution is 0.831.